The van der Waals surface area contributed by atoms with E-state index < -0.39 is 0 Å². The lowest BCUT2D eigenvalue weighted by Crippen LogP contribution is -2.25. The summed E-state index contributed by atoms with van der Waals surface area (Å²) in [4.78, 5) is 15.8. The molecule has 2 rings (SSSR count). The number of nitrogens with zero attached hydrogens (tertiary/aromatic N) is 1. The van der Waals surface area contributed by atoms with Gasteiger partial charge < -0.3 is 11.1 Å². The van der Waals surface area contributed by atoms with Gasteiger partial charge in [0.15, 0.2) is 0 Å². The lowest BCUT2D eigenvalue weighted by atomic mass is 10.1. The second-order valence-electron chi connectivity index (χ2n) is 5.23. The molecule has 2 saturated carbocycles. The smallest absolute Gasteiger partial charge is 0.220 e. The van der Waals surface area contributed by atoms with Crippen LogP contribution in [-0.2, 0) is 4.79 Å². The van der Waals surface area contributed by atoms with Crippen LogP contribution in [0.15, 0.2) is 4.99 Å². The van der Waals surface area contributed by atoms with E-state index in [0.717, 1.165) is 25.1 Å². The Morgan fingerprint density at radius 1 is 1.24 bits per heavy atom. The summed E-state index contributed by atoms with van der Waals surface area (Å²) in [6, 6.07) is 0.467. The van der Waals surface area contributed by atoms with Crippen LogP contribution in [0.4, 0.5) is 0 Å². The summed E-state index contributed by atoms with van der Waals surface area (Å²) in [5, 5.41) is 2.98. The fourth-order valence-corrected chi connectivity index (χ4v) is 2.33. The predicted octanol–water partition coefficient (Wildman–Crippen LogP) is 1.59. The summed E-state index contributed by atoms with van der Waals surface area (Å²) in [5.74, 6) is 1.49. The molecule has 0 atom stereocenters. The van der Waals surface area contributed by atoms with Crippen LogP contribution in [0.2, 0.25) is 0 Å². The highest BCUT2D eigenvalue weighted by Gasteiger charge is 2.22. The van der Waals surface area contributed by atoms with Gasteiger partial charge in [0.05, 0.1) is 5.84 Å². The molecular weight excluding hydrogens is 214 g/mol. The molecule has 0 unspecified atom stereocenters. The molecule has 0 saturated heterocycles. The number of amidine groups is 1. The lowest BCUT2D eigenvalue weighted by Gasteiger charge is -2.08. The van der Waals surface area contributed by atoms with Gasteiger partial charge >= 0.3 is 0 Å². The zero-order chi connectivity index (χ0) is 12.1. The number of rotatable bonds is 6. The molecule has 4 heteroatoms. The molecule has 1 amide bonds. The van der Waals surface area contributed by atoms with E-state index in [2.05, 4.69) is 10.3 Å². The normalized spacial score (nSPS) is 21.8. The Morgan fingerprint density at radius 2 is 1.94 bits per heavy atom. The molecule has 0 aromatic carbocycles. The first-order valence-corrected chi connectivity index (χ1v) is 6.85. The summed E-state index contributed by atoms with van der Waals surface area (Å²) in [7, 11) is 0. The van der Waals surface area contributed by atoms with E-state index in [-0.39, 0.29) is 5.91 Å². The third kappa shape index (κ3) is 4.36. The first kappa shape index (κ1) is 12.4. The summed E-state index contributed by atoms with van der Waals surface area (Å²) in [5.41, 5.74) is 5.94. The number of carbonyl (C=O) groups excluding carboxylic acids is 1. The van der Waals surface area contributed by atoms with Gasteiger partial charge in [-0.05, 0) is 32.1 Å². The summed E-state index contributed by atoms with van der Waals surface area (Å²) in [6.45, 7) is 0.695. The zero-order valence-electron chi connectivity index (χ0n) is 10.5. The quantitative estimate of drug-likeness (QED) is 0.418. The van der Waals surface area contributed by atoms with Crippen molar-refractivity contribution in [3.63, 3.8) is 0 Å². The van der Waals surface area contributed by atoms with Crippen LogP contribution in [-0.4, -0.2) is 24.3 Å². The third-order valence-electron chi connectivity index (χ3n) is 3.57. The number of aliphatic imine (C=N–C) groups is 1. The number of hydrogen-bond acceptors (Lipinski definition) is 2. The number of nitrogens with two attached hydrogens (primary N) is 1. The van der Waals surface area contributed by atoms with Crippen molar-refractivity contribution in [2.45, 2.75) is 57.4 Å². The largest absolute Gasteiger partial charge is 0.387 e. The maximum Gasteiger partial charge on any atom is 0.220 e. The van der Waals surface area contributed by atoms with Gasteiger partial charge in [0, 0.05) is 24.9 Å². The Morgan fingerprint density at radius 3 is 2.59 bits per heavy atom. The van der Waals surface area contributed by atoms with Gasteiger partial charge in [-0.3, -0.25) is 9.79 Å². The van der Waals surface area contributed by atoms with Crippen molar-refractivity contribution in [1.29, 1.82) is 0 Å². The molecule has 0 aliphatic heterocycles. The van der Waals surface area contributed by atoms with Crippen LogP contribution in [0.3, 0.4) is 0 Å². The van der Waals surface area contributed by atoms with E-state index >= 15 is 0 Å². The Hall–Kier alpha value is -1.06. The molecule has 0 aromatic rings. The molecule has 0 radical (unpaired) electrons. The van der Waals surface area contributed by atoms with E-state index in [9.17, 15) is 4.79 Å². The Kier molecular flexibility index (Phi) is 4.40. The number of amides is 1. The molecule has 2 fully saturated rings. The molecule has 96 valence electrons. The highest BCUT2D eigenvalue weighted by molar-refractivity contribution is 5.83. The van der Waals surface area contributed by atoms with Gasteiger partial charge in [-0.15, -0.1) is 0 Å². The highest BCUT2D eigenvalue weighted by Crippen LogP contribution is 2.24. The zero-order valence-corrected chi connectivity index (χ0v) is 10.5. The van der Waals surface area contributed by atoms with Gasteiger partial charge in [-0.2, -0.15) is 0 Å². The van der Waals surface area contributed by atoms with E-state index in [0.29, 0.717) is 24.9 Å². The van der Waals surface area contributed by atoms with E-state index in [1.165, 1.54) is 25.7 Å². The van der Waals surface area contributed by atoms with Crippen LogP contribution in [0.1, 0.15) is 51.4 Å². The van der Waals surface area contributed by atoms with Crippen LogP contribution in [0.25, 0.3) is 0 Å². The van der Waals surface area contributed by atoms with Crippen LogP contribution >= 0.6 is 0 Å². The van der Waals surface area contributed by atoms with Gasteiger partial charge in [-0.25, -0.2) is 0 Å². The number of hydrogen-bond donors (Lipinski definition) is 2. The summed E-state index contributed by atoms with van der Waals surface area (Å²) in [6.07, 6.45) is 8.64. The Balaban J connectivity index is 1.57. The standard InChI is InChI=1S/C13H23N3O/c14-13(10-4-1-2-5-10)15-9-3-6-12(17)16-11-7-8-11/h10-11H,1-9H2,(H2,14,15)(H,16,17). The monoisotopic (exact) mass is 237 g/mol. The second-order valence-corrected chi connectivity index (χ2v) is 5.23. The van der Waals surface area contributed by atoms with Crippen LogP contribution < -0.4 is 11.1 Å². The molecule has 3 N–H and O–H groups in total. The van der Waals surface area contributed by atoms with Crippen molar-refractivity contribution in [2.75, 3.05) is 6.54 Å². The molecule has 17 heavy (non-hydrogen) atoms. The van der Waals surface area contributed by atoms with Gasteiger partial charge in [0.2, 0.25) is 5.91 Å². The molecule has 0 spiro atoms. The van der Waals surface area contributed by atoms with Crippen molar-refractivity contribution in [3.05, 3.63) is 0 Å². The van der Waals surface area contributed by atoms with E-state index in [4.69, 9.17) is 5.73 Å². The van der Waals surface area contributed by atoms with Crippen LogP contribution in [0, 0.1) is 5.92 Å². The fraction of sp³-hybridized carbons (Fsp3) is 0.846. The number of carbonyl (C=O) groups is 1. The molecule has 0 bridgehead atoms. The maximum atomic E-state index is 11.4. The predicted molar refractivity (Wildman–Crippen MR) is 68.8 cm³/mol. The van der Waals surface area contributed by atoms with Crippen LogP contribution in [0.5, 0.6) is 0 Å². The Bertz CT molecular complexity index is 291. The molecular formula is C13H23N3O. The minimum atomic E-state index is 0.169. The van der Waals surface area contributed by atoms with Crippen molar-refractivity contribution >= 4 is 11.7 Å². The SMILES string of the molecule is NC(=NCCCC(=O)NC1CC1)C1CCCC1. The summed E-state index contributed by atoms with van der Waals surface area (Å²) >= 11 is 0. The third-order valence-corrected chi connectivity index (χ3v) is 3.57. The first-order chi connectivity index (χ1) is 8.25. The van der Waals surface area contributed by atoms with Gasteiger partial charge in [0.1, 0.15) is 0 Å². The van der Waals surface area contributed by atoms with Crippen molar-refractivity contribution < 1.29 is 4.79 Å². The Labute approximate surface area is 103 Å². The molecule has 4 nitrogen and oxygen atoms in total. The fourth-order valence-electron chi connectivity index (χ4n) is 2.33. The molecule has 2 aliphatic rings. The average molecular weight is 237 g/mol. The lowest BCUT2D eigenvalue weighted by molar-refractivity contribution is -0.121. The van der Waals surface area contributed by atoms with Crippen molar-refractivity contribution in [1.82, 2.24) is 5.32 Å². The number of nitrogens with one attached hydrogen (secondary N) is 1. The second kappa shape index (κ2) is 6.03. The maximum absolute atomic E-state index is 11.4. The van der Waals surface area contributed by atoms with Gasteiger partial charge in [-0.1, -0.05) is 12.8 Å². The molecule has 0 heterocycles. The first-order valence-electron chi connectivity index (χ1n) is 6.85. The molecule has 0 aromatic heterocycles. The summed E-state index contributed by atoms with van der Waals surface area (Å²) < 4.78 is 0. The minimum Gasteiger partial charge on any atom is -0.387 e. The van der Waals surface area contributed by atoms with E-state index in [1.807, 2.05) is 0 Å². The van der Waals surface area contributed by atoms with Gasteiger partial charge in [0.25, 0.3) is 0 Å². The van der Waals surface area contributed by atoms with Crippen molar-refractivity contribution in [2.24, 2.45) is 16.6 Å². The minimum absolute atomic E-state index is 0.169. The molecule has 2 aliphatic carbocycles. The average Bonchev–Trinajstić information content (AvgIpc) is 2.96. The van der Waals surface area contributed by atoms with Crippen molar-refractivity contribution in [3.8, 4) is 0 Å². The highest BCUT2D eigenvalue weighted by atomic mass is 16.1. The van der Waals surface area contributed by atoms with E-state index in [1.54, 1.807) is 0 Å². The topological polar surface area (TPSA) is 67.5 Å².